The van der Waals surface area contributed by atoms with Crippen molar-refractivity contribution >= 4 is 39.1 Å². The summed E-state index contributed by atoms with van der Waals surface area (Å²) in [4.78, 5) is 12.5. The van der Waals surface area contributed by atoms with Gasteiger partial charge in [-0.2, -0.15) is 0 Å². The summed E-state index contributed by atoms with van der Waals surface area (Å²) in [6.07, 6.45) is 0. The number of amides is 1. The van der Waals surface area contributed by atoms with Crippen LogP contribution in [0.5, 0.6) is 0 Å². The van der Waals surface area contributed by atoms with Crippen molar-refractivity contribution in [2.45, 2.75) is 16.7 Å². The van der Waals surface area contributed by atoms with E-state index in [1.54, 1.807) is 24.3 Å². The number of sulfonamides is 1. The second kappa shape index (κ2) is 5.90. The minimum atomic E-state index is -3.68. The zero-order valence-corrected chi connectivity index (χ0v) is 14.4. The number of anilines is 2. The number of fused-ring (bicyclic) bond motifs is 1. The first kappa shape index (κ1) is 15.9. The van der Waals surface area contributed by atoms with Gasteiger partial charge in [0, 0.05) is 11.9 Å². The third-order valence-electron chi connectivity index (χ3n) is 3.64. The van der Waals surface area contributed by atoms with Crippen molar-refractivity contribution in [3.8, 4) is 0 Å². The summed E-state index contributed by atoms with van der Waals surface area (Å²) in [6, 6.07) is 12.1. The Balaban J connectivity index is 1.98. The van der Waals surface area contributed by atoms with E-state index in [-0.39, 0.29) is 10.8 Å². The SMILES string of the molecule is Cc1ccc(N(C)S(=O)(=O)c2ccc3c(c2)NC(=O)CS3)cc1. The van der Waals surface area contributed by atoms with E-state index in [1.165, 1.54) is 29.2 Å². The zero-order chi connectivity index (χ0) is 16.6. The molecule has 1 amide bonds. The van der Waals surface area contributed by atoms with Gasteiger partial charge in [-0.1, -0.05) is 17.7 Å². The summed E-state index contributed by atoms with van der Waals surface area (Å²) in [7, 11) is -2.16. The molecule has 2 aromatic carbocycles. The quantitative estimate of drug-likeness (QED) is 0.926. The summed E-state index contributed by atoms with van der Waals surface area (Å²) in [5, 5.41) is 2.72. The molecule has 1 heterocycles. The van der Waals surface area contributed by atoms with Crippen molar-refractivity contribution in [3.63, 3.8) is 0 Å². The van der Waals surface area contributed by atoms with Crippen molar-refractivity contribution in [3.05, 3.63) is 48.0 Å². The second-order valence-electron chi connectivity index (χ2n) is 5.30. The van der Waals surface area contributed by atoms with Gasteiger partial charge in [-0.3, -0.25) is 9.10 Å². The number of carbonyl (C=O) groups excluding carboxylic acids is 1. The van der Waals surface area contributed by atoms with Crippen LogP contribution in [0.2, 0.25) is 0 Å². The van der Waals surface area contributed by atoms with E-state index < -0.39 is 10.0 Å². The molecule has 23 heavy (non-hydrogen) atoms. The lowest BCUT2D eigenvalue weighted by molar-refractivity contribution is -0.113. The van der Waals surface area contributed by atoms with Crippen LogP contribution in [-0.2, 0) is 14.8 Å². The van der Waals surface area contributed by atoms with Crippen molar-refractivity contribution in [2.24, 2.45) is 0 Å². The first-order valence-corrected chi connectivity index (χ1v) is 9.43. The molecule has 0 bridgehead atoms. The third-order valence-corrected chi connectivity index (χ3v) is 6.49. The second-order valence-corrected chi connectivity index (χ2v) is 8.29. The van der Waals surface area contributed by atoms with Crippen LogP contribution in [0.1, 0.15) is 5.56 Å². The van der Waals surface area contributed by atoms with Crippen LogP contribution in [0.25, 0.3) is 0 Å². The number of carbonyl (C=O) groups is 1. The monoisotopic (exact) mass is 348 g/mol. The van der Waals surface area contributed by atoms with E-state index in [9.17, 15) is 13.2 Å². The maximum absolute atomic E-state index is 12.8. The summed E-state index contributed by atoms with van der Waals surface area (Å²) in [6.45, 7) is 1.95. The summed E-state index contributed by atoms with van der Waals surface area (Å²) >= 11 is 1.40. The molecule has 1 N–H and O–H groups in total. The number of nitrogens with zero attached hydrogens (tertiary/aromatic N) is 1. The molecule has 3 rings (SSSR count). The summed E-state index contributed by atoms with van der Waals surface area (Å²) < 4.78 is 26.8. The largest absolute Gasteiger partial charge is 0.324 e. The van der Waals surface area contributed by atoms with Gasteiger partial charge in [0.05, 0.1) is 22.0 Å². The van der Waals surface area contributed by atoms with Gasteiger partial charge in [-0.15, -0.1) is 11.8 Å². The van der Waals surface area contributed by atoms with Crippen LogP contribution in [0.15, 0.2) is 52.3 Å². The number of benzene rings is 2. The Morgan fingerprint density at radius 2 is 1.83 bits per heavy atom. The molecule has 1 aliphatic heterocycles. The Morgan fingerprint density at radius 1 is 1.13 bits per heavy atom. The molecule has 0 atom stereocenters. The molecule has 0 unspecified atom stereocenters. The first-order chi connectivity index (χ1) is 10.9. The predicted molar refractivity (Wildman–Crippen MR) is 92.6 cm³/mol. The number of rotatable bonds is 3. The van der Waals surface area contributed by atoms with Gasteiger partial charge >= 0.3 is 0 Å². The van der Waals surface area contributed by atoms with Crippen molar-refractivity contribution in [1.82, 2.24) is 0 Å². The van der Waals surface area contributed by atoms with Crippen LogP contribution in [0.4, 0.5) is 11.4 Å². The molecule has 7 heteroatoms. The standard InChI is InChI=1S/C16H16N2O3S2/c1-11-3-5-12(6-4-11)18(2)23(20,21)13-7-8-15-14(9-13)17-16(19)10-22-15/h3-9H,10H2,1-2H3,(H,17,19). The normalized spacial score (nSPS) is 14.1. The maximum Gasteiger partial charge on any atom is 0.264 e. The number of nitrogens with one attached hydrogen (secondary N) is 1. The average molecular weight is 348 g/mol. The topological polar surface area (TPSA) is 66.5 Å². The fourth-order valence-corrected chi connectivity index (χ4v) is 4.29. The van der Waals surface area contributed by atoms with Gasteiger partial charge < -0.3 is 5.32 Å². The predicted octanol–water partition coefficient (Wildman–Crippen LogP) is 2.86. The Labute approximate surface area is 139 Å². The fraction of sp³-hybridized carbons (Fsp3) is 0.188. The lowest BCUT2D eigenvalue weighted by Gasteiger charge is -2.22. The number of hydrogen-bond acceptors (Lipinski definition) is 4. The smallest absolute Gasteiger partial charge is 0.264 e. The molecule has 120 valence electrons. The molecule has 0 saturated carbocycles. The summed E-state index contributed by atoms with van der Waals surface area (Å²) in [5.74, 6) is 0.228. The van der Waals surface area contributed by atoms with Gasteiger partial charge in [0.2, 0.25) is 5.91 Å². The Hall–Kier alpha value is -1.99. The molecule has 1 aliphatic rings. The van der Waals surface area contributed by atoms with E-state index in [4.69, 9.17) is 0 Å². The third kappa shape index (κ3) is 3.07. The lowest BCUT2D eigenvalue weighted by Crippen LogP contribution is -2.27. The van der Waals surface area contributed by atoms with Crippen LogP contribution >= 0.6 is 11.8 Å². The van der Waals surface area contributed by atoms with Gasteiger partial charge in [0.15, 0.2) is 0 Å². The molecule has 5 nitrogen and oxygen atoms in total. The first-order valence-electron chi connectivity index (χ1n) is 7.00. The van der Waals surface area contributed by atoms with Gasteiger partial charge in [-0.25, -0.2) is 8.42 Å². The average Bonchev–Trinajstić information content (AvgIpc) is 2.54. The maximum atomic E-state index is 12.8. The van der Waals surface area contributed by atoms with Crippen LogP contribution < -0.4 is 9.62 Å². The number of hydrogen-bond donors (Lipinski definition) is 1. The Bertz CT molecular complexity index is 861. The summed E-state index contributed by atoms with van der Waals surface area (Å²) in [5.41, 5.74) is 2.20. The van der Waals surface area contributed by atoms with Crippen molar-refractivity contribution in [2.75, 3.05) is 22.4 Å². The Kier molecular flexibility index (Phi) is 4.08. The highest BCUT2D eigenvalue weighted by atomic mass is 32.2. The molecule has 0 spiro atoms. The highest BCUT2D eigenvalue weighted by Crippen LogP contribution is 2.34. The van der Waals surface area contributed by atoms with E-state index in [1.807, 2.05) is 19.1 Å². The van der Waals surface area contributed by atoms with E-state index in [2.05, 4.69) is 5.32 Å². The van der Waals surface area contributed by atoms with Crippen LogP contribution in [0.3, 0.4) is 0 Å². The fourth-order valence-electron chi connectivity index (χ4n) is 2.27. The lowest BCUT2D eigenvalue weighted by atomic mass is 10.2. The van der Waals surface area contributed by atoms with Gasteiger partial charge in [0.25, 0.3) is 10.0 Å². The van der Waals surface area contributed by atoms with Gasteiger partial charge in [-0.05, 0) is 37.3 Å². The highest BCUT2D eigenvalue weighted by molar-refractivity contribution is 8.00. The van der Waals surface area contributed by atoms with Crippen LogP contribution in [0, 0.1) is 6.92 Å². The van der Waals surface area contributed by atoms with E-state index in [0.717, 1.165) is 10.5 Å². The minimum absolute atomic E-state index is 0.121. The molecule has 2 aromatic rings. The molecule has 0 saturated heterocycles. The van der Waals surface area contributed by atoms with E-state index >= 15 is 0 Å². The van der Waals surface area contributed by atoms with Crippen molar-refractivity contribution < 1.29 is 13.2 Å². The van der Waals surface area contributed by atoms with Crippen LogP contribution in [-0.4, -0.2) is 27.1 Å². The van der Waals surface area contributed by atoms with Gasteiger partial charge in [0.1, 0.15) is 0 Å². The molecule has 0 aromatic heterocycles. The Morgan fingerprint density at radius 3 is 2.52 bits per heavy atom. The number of thioether (sulfide) groups is 1. The van der Waals surface area contributed by atoms with Crippen molar-refractivity contribution in [1.29, 1.82) is 0 Å². The molecule has 0 aliphatic carbocycles. The minimum Gasteiger partial charge on any atom is -0.324 e. The van der Waals surface area contributed by atoms with E-state index in [0.29, 0.717) is 17.1 Å². The molecule has 0 radical (unpaired) electrons. The zero-order valence-electron chi connectivity index (χ0n) is 12.7. The highest BCUT2D eigenvalue weighted by Gasteiger charge is 2.24. The number of aryl methyl sites for hydroxylation is 1. The molecular formula is C16H16N2O3S2. The molecule has 0 fully saturated rings. The molecular weight excluding hydrogens is 332 g/mol.